The minimum absolute atomic E-state index is 0.310. The molecular formula is C17H34N2O. The summed E-state index contributed by atoms with van der Waals surface area (Å²) in [6.45, 7) is 9.64. The first-order valence-corrected chi connectivity index (χ1v) is 8.88. The Hall–Kier alpha value is -0.120. The van der Waals surface area contributed by atoms with Crippen LogP contribution in [0.3, 0.4) is 0 Å². The average molecular weight is 282 g/mol. The van der Waals surface area contributed by atoms with Crippen LogP contribution in [0.1, 0.15) is 65.2 Å². The minimum atomic E-state index is 0.310. The molecule has 2 rings (SSSR count). The molecule has 0 aliphatic carbocycles. The molecule has 2 fully saturated rings. The zero-order valence-electron chi connectivity index (χ0n) is 13.6. The molecule has 3 nitrogen and oxygen atoms in total. The van der Waals surface area contributed by atoms with E-state index >= 15 is 0 Å². The van der Waals surface area contributed by atoms with Crippen molar-refractivity contribution < 1.29 is 5.11 Å². The molecule has 0 spiro atoms. The van der Waals surface area contributed by atoms with Crippen LogP contribution in [-0.4, -0.2) is 59.3 Å². The monoisotopic (exact) mass is 282 g/mol. The average Bonchev–Trinajstić information content (AvgIpc) is 3.10. The number of rotatable bonds is 8. The molecular weight excluding hydrogens is 248 g/mol. The Morgan fingerprint density at radius 1 is 1.00 bits per heavy atom. The lowest BCUT2D eigenvalue weighted by Crippen LogP contribution is -2.60. The molecule has 0 aromatic carbocycles. The third kappa shape index (κ3) is 3.20. The molecule has 2 aliphatic rings. The van der Waals surface area contributed by atoms with Crippen LogP contribution in [0.4, 0.5) is 0 Å². The molecule has 3 heteroatoms. The smallest absolute Gasteiger partial charge is 0.0558 e. The van der Waals surface area contributed by atoms with E-state index in [2.05, 4.69) is 23.6 Å². The van der Waals surface area contributed by atoms with Crippen molar-refractivity contribution in [2.75, 3.05) is 32.8 Å². The number of hydrogen-bond donors (Lipinski definition) is 1. The van der Waals surface area contributed by atoms with Crippen LogP contribution < -0.4 is 0 Å². The molecule has 0 aromatic rings. The summed E-state index contributed by atoms with van der Waals surface area (Å²) in [5.41, 5.74) is 0.381. The van der Waals surface area contributed by atoms with Crippen molar-refractivity contribution in [3.8, 4) is 0 Å². The van der Waals surface area contributed by atoms with E-state index in [0.717, 1.165) is 6.54 Å². The fraction of sp³-hybridized carbons (Fsp3) is 1.00. The summed E-state index contributed by atoms with van der Waals surface area (Å²) in [4.78, 5) is 5.41. The van der Waals surface area contributed by atoms with Gasteiger partial charge in [-0.25, -0.2) is 0 Å². The molecule has 2 aliphatic heterocycles. The fourth-order valence-corrected chi connectivity index (χ4v) is 4.84. The van der Waals surface area contributed by atoms with Gasteiger partial charge >= 0.3 is 0 Å². The Balaban J connectivity index is 2.22. The van der Waals surface area contributed by atoms with Gasteiger partial charge in [0, 0.05) is 18.1 Å². The molecule has 1 N–H and O–H groups in total. The Morgan fingerprint density at radius 2 is 1.65 bits per heavy atom. The molecule has 0 aromatic heterocycles. The molecule has 0 amide bonds. The lowest BCUT2D eigenvalue weighted by Gasteiger charge is -2.49. The van der Waals surface area contributed by atoms with Gasteiger partial charge in [-0.2, -0.15) is 0 Å². The lowest BCUT2D eigenvalue weighted by atomic mass is 9.78. The predicted octanol–water partition coefficient (Wildman–Crippen LogP) is 2.88. The maximum atomic E-state index is 9.38. The highest BCUT2D eigenvalue weighted by Gasteiger charge is 2.46. The van der Waals surface area contributed by atoms with Crippen molar-refractivity contribution in [1.29, 1.82) is 0 Å². The van der Waals surface area contributed by atoms with Gasteiger partial charge in [0.25, 0.3) is 0 Å². The maximum Gasteiger partial charge on any atom is 0.0558 e. The van der Waals surface area contributed by atoms with Gasteiger partial charge < -0.3 is 5.11 Å². The molecule has 118 valence electrons. The number of aliphatic hydroxyl groups excluding tert-OH is 1. The fourth-order valence-electron chi connectivity index (χ4n) is 4.84. The summed E-state index contributed by atoms with van der Waals surface area (Å²) in [7, 11) is 0. The van der Waals surface area contributed by atoms with Crippen LogP contribution in [0.2, 0.25) is 0 Å². The normalized spacial score (nSPS) is 25.6. The Kier molecular flexibility index (Phi) is 6.31. The van der Waals surface area contributed by atoms with Crippen molar-refractivity contribution in [3.05, 3.63) is 0 Å². The third-order valence-corrected chi connectivity index (χ3v) is 5.47. The summed E-state index contributed by atoms with van der Waals surface area (Å²) in [5, 5.41) is 9.38. The Morgan fingerprint density at radius 3 is 2.20 bits per heavy atom. The number of hydrogen-bond acceptors (Lipinski definition) is 3. The first-order chi connectivity index (χ1) is 9.78. The highest BCUT2D eigenvalue weighted by molar-refractivity contribution is 5.04. The summed E-state index contributed by atoms with van der Waals surface area (Å²) < 4.78 is 0. The number of nitrogens with zero attached hydrogens (tertiary/aromatic N) is 2. The van der Waals surface area contributed by atoms with Gasteiger partial charge in [-0.3, -0.25) is 9.80 Å². The Bertz CT molecular complexity index is 270. The van der Waals surface area contributed by atoms with E-state index in [1.165, 1.54) is 71.0 Å². The molecule has 2 saturated heterocycles. The quantitative estimate of drug-likeness (QED) is 0.741. The van der Waals surface area contributed by atoms with Crippen LogP contribution in [-0.2, 0) is 0 Å². The van der Waals surface area contributed by atoms with E-state index in [0.29, 0.717) is 18.2 Å². The third-order valence-electron chi connectivity index (χ3n) is 5.47. The molecule has 20 heavy (non-hydrogen) atoms. The number of aliphatic hydroxyl groups is 1. The summed E-state index contributed by atoms with van der Waals surface area (Å²) in [6, 6.07) is 0.674. The molecule has 1 atom stereocenters. The highest BCUT2D eigenvalue weighted by Crippen LogP contribution is 2.40. The van der Waals surface area contributed by atoms with Gasteiger partial charge in [-0.15, -0.1) is 0 Å². The topological polar surface area (TPSA) is 26.7 Å². The van der Waals surface area contributed by atoms with E-state index < -0.39 is 0 Å². The van der Waals surface area contributed by atoms with Gasteiger partial charge in [0.15, 0.2) is 0 Å². The van der Waals surface area contributed by atoms with Crippen molar-refractivity contribution in [3.63, 3.8) is 0 Å². The van der Waals surface area contributed by atoms with Gasteiger partial charge in [0.1, 0.15) is 0 Å². The minimum Gasteiger partial charge on any atom is -0.395 e. The van der Waals surface area contributed by atoms with Crippen LogP contribution in [0.15, 0.2) is 0 Å². The molecule has 0 bridgehead atoms. The van der Waals surface area contributed by atoms with Crippen molar-refractivity contribution in [2.45, 2.75) is 76.8 Å². The van der Waals surface area contributed by atoms with Gasteiger partial charge in [-0.05, 0) is 58.2 Å². The lowest BCUT2D eigenvalue weighted by molar-refractivity contribution is 0.00610. The van der Waals surface area contributed by atoms with E-state index in [4.69, 9.17) is 0 Å². The second-order valence-corrected chi connectivity index (χ2v) is 6.72. The first kappa shape index (κ1) is 16.3. The van der Waals surface area contributed by atoms with Crippen molar-refractivity contribution >= 4 is 0 Å². The Labute approximate surface area is 125 Å². The summed E-state index contributed by atoms with van der Waals surface area (Å²) in [6.07, 6.45) is 10.6. The van der Waals surface area contributed by atoms with Crippen molar-refractivity contribution in [2.24, 2.45) is 0 Å². The molecule has 0 radical (unpaired) electrons. The first-order valence-electron chi connectivity index (χ1n) is 8.88. The van der Waals surface area contributed by atoms with Gasteiger partial charge in [0.05, 0.1) is 6.61 Å². The van der Waals surface area contributed by atoms with Crippen LogP contribution in [0, 0.1) is 0 Å². The highest BCUT2D eigenvalue weighted by atomic mass is 16.3. The molecule has 0 saturated carbocycles. The van der Waals surface area contributed by atoms with Crippen LogP contribution >= 0.6 is 0 Å². The SMILES string of the molecule is CCCC(CCC)(C1CCCN1CCO)N1CCCC1. The predicted molar refractivity (Wildman–Crippen MR) is 85.0 cm³/mol. The maximum absolute atomic E-state index is 9.38. The zero-order chi connectivity index (χ0) is 14.4. The van der Waals surface area contributed by atoms with E-state index in [1.807, 2.05) is 0 Å². The zero-order valence-corrected chi connectivity index (χ0v) is 13.6. The molecule has 2 heterocycles. The van der Waals surface area contributed by atoms with E-state index in [-0.39, 0.29) is 0 Å². The number of β-amino-alcohol motifs (C(OH)–C–C–N with tert-alkyl or cyclic N) is 1. The summed E-state index contributed by atoms with van der Waals surface area (Å²) >= 11 is 0. The van der Waals surface area contributed by atoms with Gasteiger partial charge in [-0.1, -0.05) is 26.7 Å². The summed E-state index contributed by atoms with van der Waals surface area (Å²) in [5.74, 6) is 0. The standard InChI is InChI=1S/C17H34N2O/c1-3-9-17(10-4-2,19-12-5-6-13-19)16-8-7-11-18(16)14-15-20/h16,20H,3-15H2,1-2H3. The second kappa shape index (κ2) is 7.77. The largest absolute Gasteiger partial charge is 0.395 e. The van der Waals surface area contributed by atoms with Crippen molar-refractivity contribution in [1.82, 2.24) is 9.80 Å². The van der Waals surface area contributed by atoms with Crippen LogP contribution in [0.25, 0.3) is 0 Å². The number of likely N-dealkylation sites (tertiary alicyclic amines) is 2. The molecule has 1 unspecified atom stereocenters. The van der Waals surface area contributed by atoms with Crippen LogP contribution in [0.5, 0.6) is 0 Å². The second-order valence-electron chi connectivity index (χ2n) is 6.72. The van der Waals surface area contributed by atoms with Gasteiger partial charge in [0.2, 0.25) is 0 Å². The van der Waals surface area contributed by atoms with E-state index in [9.17, 15) is 5.11 Å². The van der Waals surface area contributed by atoms with E-state index in [1.54, 1.807) is 0 Å².